The average molecular weight is 667 g/mol. The fourth-order valence-corrected chi connectivity index (χ4v) is 4.92. The highest BCUT2D eigenvalue weighted by atomic mass is 16.8. The van der Waals surface area contributed by atoms with Gasteiger partial charge in [-0.05, 0) is 0 Å². The quantitative estimate of drug-likeness (QED) is 0.0818. The maximum Gasteiger partial charge on any atom is 0.195 e. The van der Waals surface area contributed by atoms with Crippen molar-refractivity contribution in [1.29, 1.82) is 0 Å². The molecule has 3 saturated heterocycles. The molecule has 264 valence electrons. The van der Waals surface area contributed by atoms with Crippen LogP contribution in [0.5, 0.6) is 0 Å². The topological polar surface area (TPSA) is 356 Å². The van der Waals surface area contributed by atoms with E-state index in [0.717, 1.165) is 0 Å². The van der Waals surface area contributed by atoms with Crippen molar-refractivity contribution in [3.63, 3.8) is 0 Å². The van der Waals surface area contributed by atoms with E-state index in [-0.39, 0.29) is 0 Å². The molecular weight excluding hydrogens is 624 g/mol. The molecule has 0 aromatic heterocycles. The van der Waals surface area contributed by atoms with E-state index in [9.17, 15) is 71.2 Å². The molecule has 3 rings (SSSR count). The first kappa shape index (κ1) is 38.3. The van der Waals surface area contributed by atoms with Crippen LogP contribution in [-0.4, -0.2) is 221 Å². The zero-order chi connectivity index (χ0) is 33.7. The van der Waals surface area contributed by atoms with Gasteiger partial charge in [0, 0.05) is 0 Å². The molecule has 0 bridgehead atoms. The lowest BCUT2D eigenvalue weighted by Gasteiger charge is -2.46. The third-order valence-corrected chi connectivity index (χ3v) is 7.65. The Bertz CT molecular complexity index is 910. The molecule has 0 radical (unpaired) electrons. The van der Waals surface area contributed by atoms with Gasteiger partial charge >= 0.3 is 0 Å². The normalized spacial score (nSPS) is 44.7. The number of ether oxygens (including phenoxy) is 6. The number of rotatable bonds is 14. The largest absolute Gasteiger partial charge is 0.394 e. The summed E-state index contributed by atoms with van der Waals surface area (Å²) in [5.74, 6) is -1.31. The number of aliphatic hydroxyl groups excluding tert-OH is 14. The highest BCUT2D eigenvalue weighted by Crippen LogP contribution is 2.31. The van der Waals surface area contributed by atoms with Gasteiger partial charge in [0.25, 0.3) is 0 Å². The Balaban J connectivity index is 1.70. The van der Waals surface area contributed by atoms with Gasteiger partial charge in [-0.15, -0.1) is 0 Å². The lowest BCUT2D eigenvalue weighted by molar-refractivity contribution is -0.368. The summed E-state index contributed by atoms with van der Waals surface area (Å²) in [7, 11) is 0. The molecule has 45 heavy (non-hydrogen) atoms. The first-order valence-corrected chi connectivity index (χ1v) is 13.9. The Kier molecular flexibility index (Phi) is 14.3. The van der Waals surface area contributed by atoms with Gasteiger partial charge in [-0.3, -0.25) is 4.79 Å². The van der Waals surface area contributed by atoms with Gasteiger partial charge in [-0.25, -0.2) is 0 Å². The number of carbonyl (C=O) groups excluding carboxylic acids is 1. The van der Waals surface area contributed by atoms with Crippen LogP contribution in [0.2, 0.25) is 0 Å². The summed E-state index contributed by atoms with van der Waals surface area (Å²) in [6.07, 6.45) is -33.3. The van der Waals surface area contributed by atoms with Gasteiger partial charge < -0.3 is 99.9 Å². The van der Waals surface area contributed by atoms with Crippen LogP contribution in [0.15, 0.2) is 0 Å². The zero-order valence-electron chi connectivity index (χ0n) is 23.5. The van der Waals surface area contributed by atoms with Crippen molar-refractivity contribution in [1.82, 2.24) is 0 Å². The molecular formula is C24H42O21. The van der Waals surface area contributed by atoms with Crippen LogP contribution in [0.1, 0.15) is 0 Å². The molecule has 3 aliphatic heterocycles. The molecule has 14 N–H and O–H groups in total. The minimum absolute atomic E-state index is 0.707. The summed E-state index contributed by atoms with van der Waals surface area (Å²) in [6, 6.07) is 0. The number of ketones is 1. The molecule has 0 amide bonds. The predicted molar refractivity (Wildman–Crippen MR) is 135 cm³/mol. The fraction of sp³-hybridized carbons (Fsp3) is 0.958. The van der Waals surface area contributed by atoms with Gasteiger partial charge in [-0.1, -0.05) is 0 Å². The van der Waals surface area contributed by atoms with Crippen molar-refractivity contribution in [3.8, 4) is 0 Å². The fourth-order valence-electron chi connectivity index (χ4n) is 4.92. The van der Waals surface area contributed by atoms with E-state index >= 15 is 0 Å². The second kappa shape index (κ2) is 16.8. The Hall–Kier alpha value is -1.13. The molecule has 0 unspecified atom stereocenters. The van der Waals surface area contributed by atoms with Crippen molar-refractivity contribution in [2.24, 2.45) is 0 Å². The smallest absolute Gasteiger partial charge is 0.195 e. The van der Waals surface area contributed by atoms with Gasteiger partial charge in [0.2, 0.25) is 0 Å². The van der Waals surface area contributed by atoms with Crippen LogP contribution in [0.3, 0.4) is 0 Å². The monoisotopic (exact) mass is 666 g/mol. The second-order valence-electron chi connectivity index (χ2n) is 10.8. The van der Waals surface area contributed by atoms with Gasteiger partial charge in [0.1, 0.15) is 91.6 Å². The summed E-state index contributed by atoms with van der Waals surface area (Å²) in [6.45, 7) is -4.58. The molecule has 0 aliphatic carbocycles. The van der Waals surface area contributed by atoms with Gasteiger partial charge in [-0.2, -0.15) is 0 Å². The molecule has 21 nitrogen and oxygen atoms in total. The number of carbonyl (C=O) groups is 1. The van der Waals surface area contributed by atoms with E-state index in [4.69, 9.17) is 33.5 Å². The van der Waals surface area contributed by atoms with Crippen LogP contribution in [0.25, 0.3) is 0 Å². The van der Waals surface area contributed by atoms with Crippen LogP contribution in [0, 0.1) is 0 Å². The highest BCUT2D eigenvalue weighted by Gasteiger charge is 2.52. The molecule has 3 fully saturated rings. The SMILES string of the molecule is O=C([C@@H](O)CO)[C@H](O[C@H]1O[C@H](CO)[C@@H](O[C@H]2O[C@H](CO[C@H]3O[C@H](CO)[C@@H](O)[C@H](O)[C@H]3O)[C@@H](O)[C@H](O)[C@H]2O)[C@H](O)[C@H]1O)[C@H](O)CO. The summed E-state index contributed by atoms with van der Waals surface area (Å²) < 4.78 is 32.1. The van der Waals surface area contributed by atoms with Crippen molar-refractivity contribution < 1.29 is 105 Å². The minimum Gasteiger partial charge on any atom is -0.394 e. The van der Waals surface area contributed by atoms with E-state index in [1.807, 2.05) is 0 Å². The van der Waals surface area contributed by atoms with Crippen LogP contribution < -0.4 is 0 Å². The van der Waals surface area contributed by atoms with Crippen molar-refractivity contribution >= 4 is 5.78 Å². The van der Waals surface area contributed by atoms with Crippen molar-refractivity contribution in [3.05, 3.63) is 0 Å². The molecule has 3 heterocycles. The highest BCUT2D eigenvalue weighted by molar-refractivity contribution is 5.87. The van der Waals surface area contributed by atoms with Crippen LogP contribution in [-0.2, 0) is 33.2 Å². The molecule has 0 aromatic rings. The zero-order valence-corrected chi connectivity index (χ0v) is 23.5. The van der Waals surface area contributed by atoms with E-state index in [1.165, 1.54) is 0 Å². The second-order valence-corrected chi connectivity index (χ2v) is 10.8. The van der Waals surface area contributed by atoms with Crippen LogP contribution in [0.4, 0.5) is 0 Å². The Morgan fingerprint density at radius 1 is 0.600 bits per heavy atom. The summed E-state index contributed by atoms with van der Waals surface area (Å²) in [5.41, 5.74) is 0. The van der Waals surface area contributed by atoms with E-state index in [1.54, 1.807) is 0 Å². The summed E-state index contributed by atoms with van der Waals surface area (Å²) in [5, 5.41) is 140. The van der Waals surface area contributed by atoms with E-state index in [2.05, 4.69) is 0 Å². The van der Waals surface area contributed by atoms with Gasteiger partial charge in [0.15, 0.2) is 24.7 Å². The number of aliphatic hydroxyl groups is 14. The van der Waals surface area contributed by atoms with E-state index in [0.29, 0.717) is 0 Å². The van der Waals surface area contributed by atoms with Gasteiger partial charge in [0.05, 0.1) is 33.0 Å². The third-order valence-electron chi connectivity index (χ3n) is 7.65. The molecule has 21 heteroatoms. The van der Waals surface area contributed by atoms with Crippen molar-refractivity contribution in [2.45, 2.75) is 110 Å². The average Bonchev–Trinajstić information content (AvgIpc) is 3.04. The van der Waals surface area contributed by atoms with Crippen LogP contribution >= 0.6 is 0 Å². The number of hydrogen-bond donors (Lipinski definition) is 14. The number of hydrogen-bond acceptors (Lipinski definition) is 21. The molecule has 0 aromatic carbocycles. The maximum absolute atomic E-state index is 12.3. The first-order valence-electron chi connectivity index (χ1n) is 13.9. The third kappa shape index (κ3) is 8.48. The first-order chi connectivity index (χ1) is 21.2. The Morgan fingerprint density at radius 3 is 1.67 bits per heavy atom. The minimum atomic E-state index is -2.12. The summed E-state index contributed by atoms with van der Waals surface area (Å²) >= 11 is 0. The maximum atomic E-state index is 12.3. The molecule has 18 atom stereocenters. The standard InChI is InChI=1S/C24H42O21/c25-1-6(29)11(31)20(7(30)2-26)44-24-19(39)16(36)21(9(4-28)42-24)45-23-18(38)15(35)13(33)10(43-23)5-40-22-17(37)14(34)12(32)8(3-27)41-22/h6-10,12-30,32-39H,1-5H2/t6-,7+,8+,9+,10+,12+,13+,14-,15-,16+,17+,18+,19+,20+,21+,22-,23+,24+/m0/s1. The molecule has 0 spiro atoms. The lowest BCUT2D eigenvalue weighted by atomic mass is 9.96. The van der Waals surface area contributed by atoms with E-state index < -0.39 is 149 Å². The van der Waals surface area contributed by atoms with Crippen molar-refractivity contribution in [2.75, 3.05) is 33.0 Å². The molecule has 3 aliphatic rings. The lowest BCUT2D eigenvalue weighted by Crippen LogP contribution is -2.65. The predicted octanol–water partition coefficient (Wildman–Crippen LogP) is -9.90. The Morgan fingerprint density at radius 2 is 1.11 bits per heavy atom. The number of Topliss-reactive ketones (excluding diaryl/α,β-unsaturated/α-hetero) is 1. The Labute approximate surface area is 254 Å². The summed E-state index contributed by atoms with van der Waals surface area (Å²) in [4.78, 5) is 12.3. The molecule has 0 saturated carbocycles.